The van der Waals surface area contributed by atoms with Gasteiger partial charge in [-0.05, 0) is 31.2 Å². The van der Waals surface area contributed by atoms with Gasteiger partial charge in [0, 0.05) is 19.2 Å². The Morgan fingerprint density at radius 1 is 1.32 bits per heavy atom. The third-order valence-corrected chi connectivity index (χ3v) is 4.18. The van der Waals surface area contributed by atoms with Crippen LogP contribution in [-0.2, 0) is 4.79 Å². The van der Waals surface area contributed by atoms with Crippen LogP contribution < -0.4 is 5.32 Å². The van der Waals surface area contributed by atoms with Crippen LogP contribution >= 0.6 is 0 Å². The number of likely N-dealkylation sites (tertiary alicyclic amines) is 1. The van der Waals surface area contributed by atoms with Crippen LogP contribution in [0.5, 0.6) is 0 Å². The molecule has 6 nitrogen and oxygen atoms in total. The van der Waals surface area contributed by atoms with Crippen molar-refractivity contribution in [3.8, 4) is 0 Å². The Balaban J connectivity index is 2.07. The van der Waals surface area contributed by atoms with Crippen molar-refractivity contribution in [3.63, 3.8) is 0 Å². The monoisotopic (exact) mass is 305 g/mol. The molecule has 0 bridgehead atoms. The average Bonchev–Trinajstić information content (AvgIpc) is 2.45. The fraction of sp³-hybridized carbons (Fsp3) is 0.562. The lowest BCUT2D eigenvalue weighted by Crippen LogP contribution is -2.48. The number of amides is 1. The zero-order valence-electron chi connectivity index (χ0n) is 13.3. The minimum absolute atomic E-state index is 0.0802. The van der Waals surface area contributed by atoms with Crippen LogP contribution in [0.15, 0.2) is 24.3 Å². The summed E-state index contributed by atoms with van der Waals surface area (Å²) in [5, 5.41) is 13.7. The molecule has 1 amide bonds. The van der Waals surface area contributed by atoms with Crippen molar-refractivity contribution in [2.45, 2.75) is 33.2 Å². The van der Waals surface area contributed by atoms with E-state index in [4.69, 9.17) is 0 Å². The van der Waals surface area contributed by atoms with Crippen LogP contribution in [0.25, 0.3) is 0 Å². The number of para-hydroxylation sites is 2. The SMILES string of the molecule is C[C@@H]1C[C@@H](C)CN([C@@H](C)C(=O)Nc2ccccc2[N+](=O)[O-])C1. The highest BCUT2D eigenvalue weighted by Crippen LogP contribution is 2.25. The number of hydrogen-bond acceptors (Lipinski definition) is 4. The van der Waals surface area contributed by atoms with Crippen molar-refractivity contribution in [1.82, 2.24) is 4.90 Å². The second-order valence-electron chi connectivity index (χ2n) is 6.34. The summed E-state index contributed by atoms with van der Waals surface area (Å²) in [4.78, 5) is 25.1. The Labute approximate surface area is 130 Å². The first-order valence-corrected chi connectivity index (χ1v) is 7.66. The van der Waals surface area contributed by atoms with Crippen LogP contribution in [0.1, 0.15) is 27.2 Å². The molecule has 1 aromatic rings. The van der Waals surface area contributed by atoms with E-state index in [2.05, 4.69) is 24.1 Å². The highest BCUT2D eigenvalue weighted by Gasteiger charge is 2.29. The van der Waals surface area contributed by atoms with Crippen molar-refractivity contribution < 1.29 is 9.72 Å². The molecule has 22 heavy (non-hydrogen) atoms. The fourth-order valence-electron chi connectivity index (χ4n) is 3.17. The number of carbonyl (C=O) groups excluding carboxylic acids is 1. The molecule has 1 N–H and O–H groups in total. The average molecular weight is 305 g/mol. The third-order valence-electron chi connectivity index (χ3n) is 4.18. The lowest BCUT2D eigenvalue weighted by atomic mass is 9.91. The summed E-state index contributed by atoms with van der Waals surface area (Å²) in [5.74, 6) is 0.922. The molecule has 1 aliphatic heterocycles. The van der Waals surface area contributed by atoms with E-state index >= 15 is 0 Å². The van der Waals surface area contributed by atoms with Gasteiger partial charge in [0.05, 0.1) is 11.0 Å². The molecule has 1 aliphatic rings. The maximum absolute atomic E-state index is 12.4. The molecule has 120 valence electrons. The van der Waals surface area contributed by atoms with E-state index in [1.54, 1.807) is 18.2 Å². The number of carbonyl (C=O) groups is 1. The van der Waals surface area contributed by atoms with Crippen LogP contribution in [0.3, 0.4) is 0 Å². The third kappa shape index (κ3) is 3.82. The Kier molecular flexibility index (Phi) is 5.13. The van der Waals surface area contributed by atoms with Crippen LogP contribution in [0.4, 0.5) is 11.4 Å². The first-order chi connectivity index (χ1) is 10.4. The van der Waals surface area contributed by atoms with Gasteiger partial charge in [0.25, 0.3) is 5.69 Å². The summed E-state index contributed by atoms with van der Waals surface area (Å²) >= 11 is 0. The van der Waals surface area contributed by atoms with Gasteiger partial charge in [-0.3, -0.25) is 19.8 Å². The van der Waals surface area contributed by atoms with Gasteiger partial charge in [-0.15, -0.1) is 0 Å². The summed E-state index contributed by atoms with van der Waals surface area (Å²) in [6, 6.07) is 5.92. The van der Waals surface area contributed by atoms with E-state index in [1.807, 2.05) is 6.92 Å². The lowest BCUT2D eigenvalue weighted by molar-refractivity contribution is -0.383. The molecule has 0 unspecified atom stereocenters. The smallest absolute Gasteiger partial charge is 0.292 e. The molecule has 0 radical (unpaired) electrons. The van der Waals surface area contributed by atoms with Crippen LogP contribution in [-0.4, -0.2) is 34.9 Å². The van der Waals surface area contributed by atoms with E-state index in [1.165, 1.54) is 12.5 Å². The van der Waals surface area contributed by atoms with Gasteiger partial charge < -0.3 is 5.32 Å². The number of anilines is 1. The normalized spacial score (nSPS) is 23.8. The lowest BCUT2D eigenvalue weighted by Gasteiger charge is -2.38. The van der Waals surface area contributed by atoms with Gasteiger partial charge in [-0.1, -0.05) is 26.0 Å². The maximum Gasteiger partial charge on any atom is 0.292 e. The van der Waals surface area contributed by atoms with Crippen LogP contribution in [0, 0.1) is 22.0 Å². The quantitative estimate of drug-likeness (QED) is 0.685. The maximum atomic E-state index is 12.4. The number of rotatable bonds is 4. The Morgan fingerprint density at radius 2 is 1.91 bits per heavy atom. The molecule has 0 spiro atoms. The summed E-state index contributed by atoms with van der Waals surface area (Å²) in [6.45, 7) is 8.01. The zero-order valence-corrected chi connectivity index (χ0v) is 13.3. The van der Waals surface area contributed by atoms with Crippen molar-refractivity contribution in [3.05, 3.63) is 34.4 Å². The number of piperidine rings is 1. The number of nitrogens with one attached hydrogen (secondary N) is 1. The van der Waals surface area contributed by atoms with Gasteiger partial charge in [0.15, 0.2) is 0 Å². The second kappa shape index (κ2) is 6.87. The summed E-state index contributed by atoms with van der Waals surface area (Å²) in [7, 11) is 0. The Morgan fingerprint density at radius 3 is 2.50 bits per heavy atom. The minimum atomic E-state index is -0.481. The van der Waals surface area contributed by atoms with Gasteiger partial charge in [-0.2, -0.15) is 0 Å². The molecule has 0 aromatic heterocycles. The number of hydrogen-bond donors (Lipinski definition) is 1. The van der Waals surface area contributed by atoms with Crippen molar-refractivity contribution in [1.29, 1.82) is 0 Å². The molecular formula is C16H23N3O3. The largest absolute Gasteiger partial charge is 0.319 e. The molecular weight excluding hydrogens is 282 g/mol. The predicted molar refractivity (Wildman–Crippen MR) is 85.7 cm³/mol. The van der Waals surface area contributed by atoms with Crippen LogP contribution in [0.2, 0.25) is 0 Å². The van der Waals surface area contributed by atoms with E-state index in [0.717, 1.165) is 13.1 Å². The molecule has 1 aromatic carbocycles. The van der Waals surface area contributed by atoms with Gasteiger partial charge in [0.1, 0.15) is 5.69 Å². The Bertz CT molecular complexity index is 551. The van der Waals surface area contributed by atoms with E-state index in [-0.39, 0.29) is 23.3 Å². The van der Waals surface area contributed by atoms with Gasteiger partial charge in [0.2, 0.25) is 5.91 Å². The van der Waals surface area contributed by atoms with Crippen molar-refractivity contribution >= 4 is 17.3 Å². The molecule has 1 heterocycles. The van der Waals surface area contributed by atoms with E-state index < -0.39 is 4.92 Å². The molecule has 0 saturated carbocycles. The first-order valence-electron chi connectivity index (χ1n) is 7.66. The summed E-state index contributed by atoms with van der Waals surface area (Å²) in [6.07, 6.45) is 1.18. The van der Waals surface area contributed by atoms with E-state index in [0.29, 0.717) is 11.8 Å². The molecule has 1 fully saturated rings. The number of nitrogens with zero attached hydrogens (tertiary/aromatic N) is 2. The zero-order chi connectivity index (χ0) is 16.3. The van der Waals surface area contributed by atoms with E-state index in [9.17, 15) is 14.9 Å². The summed E-state index contributed by atoms with van der Waals surface area (Å²) in [5.41, 5.74) is 0.172. The number of nitro groups is 1. The molecule has 1 saturated heterocycles. The number of nitro benzene ring substituents is 1. The Hall–Kier alpha value is -1.95. The fourth-order valence-corrected chi connectivity index (χ4v) is 3.17. The molecule has 6 heteroatoms. The first kappa shape index (κ1) is 16.4. The topological polar surface area (TPSA) is 75.5 Å². The molecule has 3 atom stereocenters. The van der Waals surface area contributed by atoms with Gasteiger partial charge >= 0.3 is 0 Å². The van der Waals surface area contributed by atoms with Crippen molar-refractivity contribution in [2.75, 3.05) is 18.4 Å². The highest BCUT2D eigenvalue weighted by atomic mass is 16.6. The number of benzene rings is 1. The predicted octanol–water partition coefficient (Wildman–Crippen LogP) is 2.90. The summed E-state index contributed by atoms with van der Waals surface area (Å²) < 4.78 is 0. The molecule has 0 aliphatic carbocycles. The van der Waals surface area contributed by atoms with Gasteiger partial charge in [-0.25, -0.2) is 0 Å². The van der Waals surface area contributed by atoms with Crippen molar-refractivity contribution in [2.24, 2.45) is 11.8 Å². The minimum Gasteiger partial charge on any atom is -0.319 e. The second-order valence-corrected chi connectivity index (χ2v) is 6.34. The standard InChI is InChI=1S/C16H23N3O3/c1-11-8-12(2)10-18(9-11)13(3)16(20)17-14-6-4-5-7-15(14)19(21)22/h4-7,11-13H,8-10H2,1-3H3,(H,17,20)/t11-,12-,13+/m1/s1. The molecule has 2 rings (SSSR count). The highest BCUT2D eigenvalue weighted by molar-refractivity contribution is 5.96.